The molecule has 0 bridgehead atoms. The molecule has 0 unspecified atom stereocenters. The van der Waals surface area contributed by atoms with Gasteiger partial charge in [-0.25, -0.2) is 0 Å². The monoisotopic (exact) mass is 428 g/mol. The van der Waals surface area contributed by atoms with E-state index in [0.29, 0.717) is 0 Å². The first kappa shape index (κ1) is 14.7. The van der Waals surface area contributed by atoms with E-state index in [-0.39, 0.29) is 5.78 Å². The smallest absolute Gasteiger partial charge is 0.194 e. The van der Waals surface area contributed by atoms with Crippen LogP contribution in [0.25, 0.3) is 0 Å². The topological polar surface area (TPSA) is 17.1 Å². The van der Waals surface area contributed by atoms with E-state index in [4.69, 9.17) is 0 Å². The quantitative estimate of drug-likeness (QED) is 0.474. The number of ketones is 1. The number of carbonyl (C=O) groups excluding carboxylic acids is 1. The van der Waals surface area contributed by atoms with Gasteiger partial charge < -0.3 is 0 Å². The molecular weight excluding hydrogens is 415 g/mol. The summed E-state index contributed by atoms with van der Waals surface area (Å²) in [5, 5.41) is 0. The molecule has 19 heavy (non-hydrogen) atoms. The number of carbonyl (C=O) groups is 1. The van der Waals surface area contributed by atoms with Crippen molar-refractivity contribution >= 4 is 44.3 Å². The molecule has 0 spiro atoms. The van der Waals surface area contributed by atoms with Gasteiger partial charge in [-0.15, -0.1) is 0 Å². The molecule has 1 nitrogen and oxygen atoms in total. The highest BCUT2D eigenvalue weighted by atomic mass is 127. The van der Waals surface area contributed by atoms with Crippen molar-refractivity contribution in [3.8, 4) is 0 Å². The average molecular weight is 429 g/mol. The van der Waals surface area contributed by atoms with E-state index in [0.717, 1.165) is 30.3 Å². The second-order valence-electron chi connectivity index (χ2n) is 4.73. The lowest BCUT2D eigenvalue weighted by Gasteiger charge is -2.11. The Morgan fingerprint density at radius 2 is 1.63 bits per heavy atom. The van der Waals surface area contributed by atoms with E-state index in [1.54, 1.807) is 0 Å². The van der Waals surface area contributed by atoms with Crippen LogP contribution in [0, 0.1) is 24.3 Å². The molecule has 2 aromatic carbocycles. The van der Waals surface area contributed by atoms with Crippen molar-refractivity contribution in [2.24, 2.45) is 0 Å². The Morgan fingerprint density at radius 1 is 1.05 bits per heavy atom. The summed E-state index contributed by atoms with van der Waals surface area (Å²) >= 11 is 5.64. The summed E-state index contributed by atoms with van der Waals surface area (Å²) in [6.45, 7) is 6.05. The molecule has 0 aromatic heterocycles. The molecule has 0 radical (unpaired) electrons. The average Bonchev–Trinajstić information content (AvgIpc) is 2.30. The van der Waals surface area contributed by atoms with E-state index in [1.165, 1.54) is 5.56 Å². The summed E-state index contributed by atoms with van der Waals surface area (Å²) in [5.74, 6) is 0.0979. The Kier molecular flexibility index (Phi) is 4.46. The van der Waals surface area contributed by atoms with Gasteiger partial charge in [0, 0.05) is 19.2 Å². The zero-order chi connectivity index (χ0) is 14.2. The van der Waals surface area contributed by atoms with Crippen LogP contribution in [0.1, 0.15) is 32.6 Å². The fourth-order valence-corrected chi connectivity index (χ4v) is 3.29. The van der Waals surface area contributed by atoms with Crippen LogP contribution in [0.5, 0.6) is 0 Å². The van der Waals surface area contributed by atoms with Gasteiger partial charge in [0.15, 0.2) is 5.78 Å². The van der Waals surface area contributed by atoms with Crippen molar-refractivity contribution in [1.29, 1.82) is 0 Å². The predicted octanol–water partition coefficient (Wildman–Crippen LogP) is 5.21. The first-order valence-electron chi connectivity index (χ1n) is 5.97. The number of halogens is 2. The molecule has 0 aliphatic rings. The second-order valence-corrected chi connectivity index (χ2v) is 6.80. The molecule has 3 heteroatoms. The van der Waals surface area contributed by atoms with Crippen LogP contribution >= 0.6 is 38.5 Å². The zero-order valence-corrected chi connectivity index (χ0v) is 14.8. The maximum absolute atomic E-state index is 12.7. The molecule has 0 atom stereocenters. The van der Waals surface area contributed by atoms with Crippen LogP contribution in [0.15, 0.2) is 34.8 Å². The fourth-order valence-electron chi connectivity index (χ4n) is 2.34. The number of hydrogen-bond acceptors (Lipinski definition) is 1. The van der Waals surface area contributed by atoms with Crippen molar-refractivity contribution in [3.05, 3.63) is 66.2 Å². The molecule has 2 aromatic rings. The van der Waals surface area contributed by atoms with Crippen molar-refractivity contribution in [1.82, 2.24) is 0 Å². The lowest BCUT2D eigenvalue weighted by molar-refractivity contribution is 0.103. The van der Waals surface area contributed by atoms with Crippen LogP contribution in [0.2, 0.25) is 0 Å². The predicted molar refractivity (Wildman–Crippen MR) is 90.9 cm³/mol. The third-order valence-corrected chi connectivity index (χ3v) is 4.51. The van der Waals surface area contributed by atoms with E-state index < -0.39 is 0 Å². The van der Waals surface area contributed by atoms with Gasteiger partial charge in [0.05, 0.1) is 0 Å². The largest absolute Gasteiger partial charge is 0.289 e. The van der Waals surface area contributed by atoms with Crippen LogP contribution in [-0.4, -0.2) is 5.78 Å². The fraction of sp³-hybridized carbons (Fsp3) is 0.188. The molecule has 0 fully saturated rings. The molecule has 0 aliphatic carbocycles. The molecule has 0 N–H and O–H groups in total. The normalized spacial score (nSPS) is 10.6. The minimum atomic E-state index is 0.0979. The Hall–Kier alpha value is -0.680. The van der Waals surface area contributed by atoms with Gasteiger partial charge in [-0.1, -0.05) is 33.6 Å². The maximum Gasteiger partial charge on any atom is 0.194 e. The summed E-state index contributed by atoms with van der Waals surface area (Å²) in [6, 6.07) is 9.92. The molecule has 2 rings (SSSR count). The Morgan fingerprint density at radius 3 is 2.21 bits per heavy atom. The van der Waals surface area contributed by atoms with Gasteiger partial charge in [-0.05, 0) is 72.7 Å². The minimum absolute atomic E-state index is 0.0979. The van der Waals surface area contributed by atoms with Crippen molar-refractivity contribution in [3.63, 3.8) is 0 Å². The Balaban J connectivity index is 2.59. The summed E-state index contributed by atoms with van der Waals surface area (Å²) in [5.41, 5.74) is 4.85. The standard InChI is InChI=1S/C16H14BrIO/c1-9-6-10(2)15(11(3)7-9)16(19)13-8-12(17)4-5-14(13)18/h4-8H,1-3H3. The van der Waals surface area contributed by atoms with E-state index in [1.807, 2.05) is 32.0 Å². The van der Waals surface area contributed by atoms with Gasteiger partial charge >= 0.3 is 0 Å². The minimum Gasteiger partial charge on any atom is -0.289 e. The van der Waals surface area contributed by atoms with Gasteiger partial charge in [-0.3, -0.25) is 4.79 Å². The second kappa shape index (κ2) is 5.75. The number of rotatable bonds is 2. The van der Waals surface area contributed by atoms with Crippen molar-refractivity contribution in [2.75, 3.05) is 0 Å². The highest BCUT2D eigenvalue weighted by Crippen LogP contribution is 2.25. The first-order valence-corrected chi connectivity index (χ1v) is 7.85. The Labute approximate surface area is 135 Å². The molecule has 0 heterocycles. The van der Waals surface area contributed by atoms with Crippen LogP contribution < -0.4 is 0 Å². The SMILES string of the molecule is Cc1cc(C)c(C(=O)c2cc(Br)ccc2I)c(C)c1. The summed E-state index contributed by atoms with van der Waals surface area (Å²) in [7, 11) is 0. The highest BCUT2D eigenvalue weighted by molar-refractivity contribution is 14.1. The van der Waals surface area contributed by atoms with Gasteiger partial charge in [-0.2, -0.15) is 0 Å². The maximum atomic E-state index is 12.7. The summed E-state index contributed by atoms with van der Waals surface area (Å²) < 4.78 is 1.91. The highest BCUT2D eigenvalue weighted by Gasteiger charge is 2.17. The van der Waals surface area contributed by atoms with Gasteiger partial charge in [0.25, 0.3) is 0 Å². The third kappa shape index (κ3) is 3.08. The van der Waals surface area contributed by atoms with Gasteiger partial charge in [0.2, 0.25) is 0 Å². The van der Waals surface area contributed by atoms with Crippen LogP contribution in [0.4, 0.5) is 0 Å². The van der Waals surface area contributed by atoms with E-state index >= 15 is 0 Å². The first-order chi connectivity index (χ1) is 8.90. The lowest BCUT2D eigenvalue weighted by Crippen LogP contribution is -2.08. The molecule has 0 aliphatic heterocycles. The molecule has 98 valence electrons. The van der Waals surface area contributed by atoms with Crippen LogP contribution in [-0.2, 0) is 0 Å². The Bertz CT molecular complexity index is 639. The number of benzene rings is 2. The summed E-state index contributed by atoms with van der Waals surface area (Å²) in [4.78, 5) is 12.7. The number of aryl methyl sites for hydroxylation is 3. The molecule has 0 amide bonds. The summed E-state index contributed by atoms with van der Waals surface area (Å²) in [6.07, 6.45) is 0. The molecular formula is C16H14BrIO. The zero-order valence-electron chi connectivity index (χ0n) is 11.1. The van der Waals surface area contributed by atoms with Crippen molar-refractivity contribution < 1.29 is 4.79 Å². The van der Waals surface area contributed by atoms with E-state index in [2.05, 4.69) is 57.6 Å². The van der Waals surface area contributed by atoms with E-state index in [9.17, 15) is 4.79 Å². The molecule has 0 saturated carbocycles. The van der Waals surface area contributed by atoms with Crippen molar-refractivity contribution in [2.45, 2.75) is 20.8 Å². The third-order valence-electron chi connectivity index (χ3n) is 3.08. The van der Waals surface area contributed by atoms with Gasteiger partial charge in [0.1, 0.15) is 0 Å². The lowest BCUT2D eigenvalue weighted by atomic mass is 9.93. The number of hydrogen-bond donors (Lipinski definition) is 0. The molecule has 0 saturated heterocycles. The van der Waals surface area contributed by atoms with Crippen LogP contribution in [0.3, 0.4) is 0 Å².